The van der Waals surface area contributed by atoms with Gasteiger partial charge in [0.1, 0.15) is 11.0 Å². The van der Waals surface area contributed by atoms with Gasteiger partial charge in [-0.15, -0.1) is 0 Å². The van der Waals surface area contributed by atoms with Gasteiger partial charge in [-0.05, 0) is 43.0 Å². The molecule has 0 saturated carbocycles. The molecule has 0 fully saturated rings. The lowest BCUT2D eigenvalue weighted by atomic mass is 10.0. The van der Waals surface area contributed by atoms with Gasteiger partial charge in [-0.25, -0.2) is 4.79 Å². The molecular formula is C15H22N2O2S. The fourth-order valence-corrected chi connectivity index (χ4v) is 2.29. The molecule has 0 aliphatic rings. The van der Waals surface area contributed by atoms with Crippen LogP contribution in [0.1, 0.15) is 31.4 Å². The van der Waals surface area contributed by atoms with E-state index >= 15 is 0 Å². The van der Waals surface area contributed by atoms with E-state index in [4.69, 9.17) is 22.7 Å². The number of aryl methyl sites for hydroxylation is 1. The number of anilines is 1. The Balaban J connectivity index is 2.91. The fourth-order valence-electron chi connectivity index (χ4n) is 2.06. The molecule has 0 radical (unpaired) electrons. The minimum atomic E-state index is -0.352. The van der Waals surface area contributed by atoms with Crippen LogP contribution in [0.4, 0.5) is 5.69 Å². The quantitative estimate of drug-likeness (QED) is 0.624. The summed E-state index contributed by atoms with van der Waals surface area (Å²) >= 11 is 4.98. The lowest BCUT2D eigenvalue weighted by Crippen LogP contribution is -2.32. The molecule has 1 rings (SSSR count). The number of nitrogens with one attached hydrogen (secondary N) is 1. The Bertz CT molecular complexity index is 501. The molecule has 1 unspecified atom stereocenters. The molecule has 0 spiro atoms. The van der Waals surface area contributed by atoms with Crippen molar-refractivity contribution in [1.29, 1.82) is 0 Å². The summed E-state index contributed by atoms with van der Waals surface area (Å²) in [5.41, 5.74) is 8.33. The third-order valence-corrected chi connectivity index (χ3v) is 3.25. The lowest BCUT2D eigenvalue weighted by Gasteiger charge is -2.20. The van der Waals surface area contributed by atoms with Crippen LogP contribution in [0.15, 0.2) is 18.2 Å². The summed E-state index contributed by atoms with van der Waals surface area (Å²) in [6.45, 7) is 6.08. The van der Waals surface area contributed by atoms with Gasteiger partial charge in [0.2, 0.25) is 0 Å². The van der Waals surface area contributed by atoms with E-state index < -0.39 is 0 Å². The Kier molecular flexibility index (Phi) is 5.95. The summed E-state index contributed by atoms with van der Waals surface area (Å²) in [6.07, 6.45) is 0.711. The number of nitrogens with two attached hydrogens (primary N) is 1. The van der Waals surface area contributed by atoms with E-state index in [0.717, 1.165) is 16.8 Å². The van der Waals surface area contributed by atoms with Crippen LogP contribution in [-0.2, 0) is 9.53 Å². The molecule has 0 heterocycles. The number of carbonyl (C=O) groups excluding carboxylic acids is 1. The lowest BCUT2D eigenvalue weighted by molar-refractivity contribution is -0.141. The van der Waals surface area contributed by atoms with Crippen molar-refractivity contribution in [3.05, 3.63) is 29.3 Å². The monoisotopic (exact) mass is 294 g/mol. The average molecular weight is 294 g/mol. The molecule has 0 saturated heterocycles. The molecule has 0 aliphatic heterocycles. The molecule has 4 nitrogen and oxygen atoms in total. The van der Waals surface area contributed by atoms with Crippen molar-refractivity contribution in [2.24, 2.45) is 11.7 Å². The van der Waals surface area contributed by atoms with E-state index in [1.807, 2.05) is 25.1 Å². The number of hydrogen-bond donors (Lipinski definition) is 2. The number of methoxy groups -OCH3 is 1. The normalized spacial score (nSPS) is 12.1. The van der Waals surface area contributed by atoms with Crippen LogP contribution < -0.4 is 11.1 Å². The van der Waals surface area contributed by atoms with Crippen LogP contribution in [-0.4, -0.2) is 24.1 Å². The van der Waals surface area contributed by atoms with Crippen LogP contribution in [0.3, 0.4) is 0 Å². The smallest absolute Gasteiger partial charge is 0.328 e. The Morgan fingerprint density at radius 3 is 2.55 bits per heavy atom. The van der Waals surface area contributed by atoms with Gasteiger partial charge < -0.3 is 15.8 Å². The summed E-state index contributed by atoms with van der Waals surface area (Å²) < 4.78 is 4.84. The van der Waals surface area contributed by atoms with E-state index in [2.05, 4.69) is 19.2 Å². The highest BCUT2D eigenvalue weighted by molar-refractivity contribution is 7.80. The first-order valence-electron chi connectivity index (χ1n) is 6.60. The second-order valence-corrected chi connectivity index (χ2v) is 5.68. The number of benzene rings is 1. The average Bonchev–Trinajstić information content (AvgIpc) is 2.36. The molecule has 1 aromatic carbocycles. The van der Waals surface area contributed by atoms with E-state index in [-0.39, 0.29) is 12.0 Å². The fraction of sp³-hybridized carbons (Fsp3) is 0.467. The molecule has 0 aromatic heterocycles. The molecule has 20 heavy (non-hydrogen) atoms. The maximum atomic E-state index is 11.8. The highest BCUT2D eigenvalue weighted by Gasteiger charge is 2.20. The predicted molar refractivity (Wildman–Crippen MR) is 85.9 cm³/mol. The van der Waals surface area contributed by atoms with Crippen LogP contribution in [0.5, 0.6) is 0 Å². The number of carbonyl (C=O) groups is 1. The summed E-state index contributed by atoms with van der Waals surface area (Å²) in [5, 5.41) is 3.21. The van der Waals surface area contributed by atoms with E-state index in [1.165, 1.54) is 7.11 Å². The third kappa shape index (κ3) is 4.49. The molecule has 0 aliphatic carbocycles. The maximum Gasteiger partial charge on any atom is 0.328 e. The van der Waals surface area contributed by atoms with Crippen molar-refractivity contribution in [2.75, 3.05) is 12.4 Å². The van der Waals surface area contributed by atoms with Gasteiger partial charge in [-0.1, -0.05) is 26.1 Å². The van der Waals surface area contributed by atoms with E-state index in [1.54, 1.807) is 0 Å². The highest BCUT2D eigenvalue weighted by atomic mass is 32.1. The van der Waals surface area contributed by atoms with Crippen molar-refractivity contribution in [3.63, 3.8) is 0 Å². The number of ether oxygens (including phenoxy) is 1. The van der Waals surface area contributed by atoms with E-state index in [9.17, 15) is 4.79 Å². The number of esters is 1. The van der Waals surface area contributed by atoms with Gasteiger partial charge in [-0.3, -0.25) is 0 Å². The minimum absolute atomic E-state index is 0.255. The zero-order valence-electron chi connectivity index (χ0n) is 12.4. The number of rotatable bonds is 6. The van der Waals surface area contributed by atoms with Crippen LogP contribution in [0.25, 0.3) is 0 Å². The SMILES string of the molecule is COC(=O)C(CC(C)C)Nc1ccc(C(N)=S)c(C)c1. The minimum Gasteiger partial charge on any atom is -0.467 e. The molecule has 5 heteroatoms. The molecule has 3 N–H and O–H groups in total. The highest BCUT2D eigenvalue weighted by Crippen LogP contribution is 2.18. The second kappa shape index (κ2) is 7.24. The van der Waals surface area contributed by atoms with Crippen molar-refractivity contribution >= 4 is 28.9 Å². The first-order valence-corrected chi connectivity index (χ1v) is 7.00. The van der Waals surface area contributed by atoms with Gasteiger partial charge >= 0.3 is 5.97 Å². The Labute approximate surface area is 125 Å². The first kappa shape index (κ1) is 16.4. The zero-order chi connectivity index (χ0) is 15.3. The van der Waals surface area contributed by atoms with Gasteiger partial charge in [0.15, 0.2) is 0 Å². The van der Waals surface area contributed by atoms with E-state index in [0.29, 0.717) is 17.3 Å². The van der Waals surface area contributed by atoms with Crippen LogP contribution in [0, 0.1) is 12.8 Å². The largest absolute Gasteiger partial charge is 0.467 e. The van der Waals surface area contributed by atoms with Gasteiger partial charge in [0.25, 0.3) is 0 Å². The topological polar surface area (TPSA) is 64.3 Å². The zero-order valence-corrected chi connectivity index (χ0v) is 13.2. The predicted octanol–water partition coefficient (Wildman–Crippen LogP) is 2.63. The first-order chi connectivity index (χ1) is 9.35. The van der Waals surface area contributed by atoms with Crippen LogP contribution in [0.2, 0.25) is 0 Å². The molecule has 0 bridgehead atoms. The molecule has 110 valence electrons. The van der Waals surface area contributed by atoms with Gasteiger partial charge in [0, 0.05) is 11.3 Å². The summed E-state index contributed by atoms with van der Waals surface area (Å²) in [6, 6.07) is 5.32. The van der Waals surface area contributed by atoms with Crippen LogP contribution >= 0.6 is 12.2 Å². The van der Waals surface area contributed by atoms with Crippen molar-refractivity contribution in [2.45, 2.75) is 33.2 Å². The number of thiocarbonyl (C=S) groups is 1. The van der Waals surface area contributed by atoms with Gasteiger partial charge in [-0.2, -0.15) is 0 Å². The van der Waals surface area contributed by atoms with Crippen molar-refractivity contribution in [1.82, 2.24) is 0 Å². The summed E-state index contributed by atoms with van der Waals surface area (Å²) in [5.74, 6) is 0.137. The van der Waals surface area contributed by atoms with Crippen molar-refractivity contribution < 1.29 is 9.53 Å². The number of hydrogen-bond acceptors (Lipinski definition) is 4. The molecule has 1 atom stereocenters. The standard InChI is InChI=1S/C15H22N2O2S/c1-9(2)7-13(15(18)19-4)17-11-5-6-12(14(16)20)10(3)8-11/h5-6,8-9,13,17H,7H2,1-4H3,(H2,16,20). The molecular weight excluding hydrogens is 272 g/mol. The Morgan fingerprint density at radius 1 is 1.45 bits per heavy atom. The third-order valence-electron chi connectivity index (χ3n) is 3.03. The maximum absolute atomic E-state index is 11.8. The molecule has 0 amide bonds. The van der Waals surface area contributed by atoms with Gasteiger partial charge in [0.05, 0.1) is 7.11 Å². The summed E-state index contributed by atoms with van der Waals surface area (Å²) in [7, 11) is 1.40. The van der Waals surface area contributed by atoms with Crippen molar-refractivity contribution in [3.8, 4) is 0 Å². The second-order valence-electron chi connectivity index (χ2n) is 5.24. The molecule has 1 aromatic rings. The Hall–Kier alpha value is -1.62. The summed E-state index contributed by atoms with van der Waals surface area (Å²) in [4.78, 5) is 12.2. The Morgan fingerprint density at radius 2 is 2.10 bits per heavy atom.